The van der Waals surface area contributed by atoms with Gasteiger partial charge in [0.15, 0.2) is 34.9 Å². The van der Waals surface area contributed by atoms with Crippen LogP contribution in [0.5, 0.6) is 0 Å². The number of carbonyl (C=O) groups excluding carboxylic acids is 7. The molecule has 740 valence electrons. The quantitative estimate of drug-likeness (QED) is 0.0183. The predicted octanol–water partition coefficient (Wildman–Crippen LogP) is 15.0. The number of aromatic amines is 4. The van der Waals surface area contributed by atoms with Gasteiger partial charge in [0, 0.05) is 160 Å². The molecule has 7 amide bonds. The Labute approximate surface area is 796 Å². The number of fused-ring (bicyclic) bond motifs is 4. The zero-order chi connectivity index (χ0) is 99.3. The molecule has 12 aromatic rings. The first-order chi connectivity index (χ1) is 64.7. The van der Waals surface area contributed by atoms with Gasteiger partial charge in [0.1, 0.15) is 96.5 Å². The Morgan fingerprint density at radius 1 is 0.467 bits per heavy atom. The van der Waals surface area contributed by atoms with Crippen molar-refractivity contribution in [2.24, 2.45) is 5.92 Å². The number of aromatic nitrogens is 16. The van der Waals surface area contributed by atoms with Crippen LogP contribution in [-0.2, 0) is 33.4 Å². The lowest BCUT2D eigenvalue weighted by Gasteiger charge is -2.40. The van der Waals surface area contributed by atoms with E-state index in [1.807, 2.05) is 21.3 Å². The number of amides is 7. The van der Waals surface area contributed by atoms with Crippen LogP contribution in [0.2, 0.25) is 20.1 Å². The summed E-state index contributed by atoms with van der Waals surface area (Å²) in [6.45, 7) is 5.75. The molecule has 12 aromatic heterocycles. The number of pyridine rings is 4. The number of hydrogen-bond donors (Lipinski definition) is 9. The molecule has 0 bridgehead atoms. The number of ether oxygens (including phenoxy) is 3. The van der Waals surface area contributed by atoms with Crippen molar-refractivity contribution >= 4 is 156 Å². The molecule has 0 spiro atoms. The summed E-state index contributed by atoms with van der Waals surface area (Å²) in [5.41, 5.74) is 2.96. The number of nitrogens with one attached hydrogen (secondary N) is 9. The van der Waals surface area contributed by atoms with E-state index in [0.717, 1.165) is 6.20 Å². The summed E-state index contributed by atoms with van der Waals surface area (Å²) >= 11 is 24.2. The minimum absolute atomic E-state index is 0. The number of nitrogens with zero attached hydrogens (tertiary/aromatic N) is 18. The normalized spacial score (nSPS) is 15.8. The second-order valence-electron chi connectivity index (χ2n) is 31.1. The van der Waals surface area contributed by atoms with E-state index < -0.39 is 134 Å². The average Bonchev–Trinajstić information content (AvgIpc) is 1.66. The van der Waals surface area contributed by atoms with Gasteiger partial charge < -0.3 is 90.1 Å². The van der Waals surface area contributed by atoms with Crippen molar-refractivity contribution in [3.63, 3.8) is 0 Å². The van der Waals surface area contributed by atoms with Crippen LogP contribution in [-0.4, -0.2) is 290 Å². The largest absolute Gasteiger partial charge is 0.453 e. The van der Waals surface area contributed by atoms with Gasteiger partial charge in [0.2, 0.25) is 23.6 Å². The highest BCUT2D eigenvalue weighted by Gasteiger charge is 2.44. The molecule has 9 N–H and O–H groups in total. The predicted molar refractivity (Wildman–Crippen MR) is 488 cm³/mol. The van der Waals surface area contributed by atoms with Crippen molar-refractivity contribution in [1.82, 2.24) is 116 Å². The molecule has 3 fully saturated rings. The molecule has 15 rings (SSSR count). The lowest BCUT2D eigenvalue weighted by atomic mass is 9.87. The Balaban J connectivity index is 0.000000288. The number of rotatable bonds is 21. The maximum atomic E-state index is 14.5. The van der Waals surface area contributed by atoms with Crippen LogP contribution < -0.4 is 41.3 Å². The molecular formula is C83H94Cl4F13N27O10. The van der Waals surface area contributed by atoms with Crippen LogP contribution >= 0.6 is 46.4 Å². The number of piperazine rings is 3. The van der Waals surface area contributed by atoms with Crippen molar-refractivity contribution in [3.05, 3.63) is 155 Å². The molecule has 54 heteroatoms. The lowest BCUT2D eigenvalue weighted by molar-refractivity contribution is -0.141. The highest BCUT2D eigenvalue weighted by molar-refractivity contribution is 6.32. The molecule has 0 aliphatic carbocycles. The molecule has 3 aliphatic heterocycles. The number of anilines is 4. The monoisotopic (exact) mass is 2020 g/mol. The minimum Gasteiger partial charge on any atom is -0.453 e. The Hall–Kier alpha value is -14.0. The zero-order valence-electron chi connectivity index (χ0n) is 72.6. The van der Waals surface area contributed by atoms with E-state index >= 15 is 0 Å². The third-order valence-electron chi connectivity index (χ3n) is 21.0. The fourth-order valence-corrected chi connectivity index (χ4v) is 14.7. The van der Waals surface area contributed by atoms with Gasteiger partial charge >= 0.3 is 43.0 Å². The van der Waals surface area contributed by atoms with Crippen LogP contribution in [0.15, 0.2) is 129 Å². The number of alkyl halides is 12. The van der Waals surface area contributed by atoms with Gasteiger partial charge in [-0.3, -0.25) is 19.2 Å². The summed E-state index contributed by atoms with van der Waals surface area (Å²) < 4.78 is 182. The molecular weight excluding hydrogens is 1920 g/mol. The van der Waals surface area contributed by atoms with E-state index in [2.05, 4.69) is 91.6 Å². The minimum atomic E-state index is -4.59. The smallest absolute Gasteiger partial charge is 0.410 e. The van der Waals surface area contributed by atoms with Crippen LogP contribution in [0, 0.1) is 11.7 Å². The molecule has 37 nitrogen and oxygen atoms in total. The van der Waals surface area contributed by atoms with E-state index in [1.54, 1.807) is 99.8 Å². The first-order valence-corrected chi connectivity index (χ1v) is 42.6. The van der Waals surface area contributed by atoms with E-state index in [4.69, 9.17) is 60.6 Å². The van der Waals surface area contributed by atoms with Crippen molar-refractivity contribution < 1.29 is 113 Å². The molecule has 0 aromatic carbocycles. The molecule has 3 aliphatic rings. The zero-order valence-corrected chi connectivity index (χ0v) is 75.6. The maximum Gasteiger partial charge on any atom is 0.410 e. The van der Waals surface area contributed by atoms with Crippen molar-refractivity contribution in [2.75, 3.05) is 119 Å². The molecule has 137 heavy (non-hydrogen) atoms. The summed E-state index contributed by atoms with van der Waals surface area (Å²) in [6.07, 6.45) is -1.52. The van der Waals surface area contributed by atoms with E-state index in [-0.39, 0.29) is 85.7 Å². The van der Waals surface area contributed by atoms with Crippen LogP contribution in [0.1, 0.15) is 43.2 Å². The Morgan fingerprint density at radius 2 is 0.788 bits per heavy atom. The van der Waals surface area contributed by atoms with Gasteiger partial charge in [0.25, 0.3) is 0 Å². The van der Waals surface area contributed by atoms with Crippen molar-refractivity contribution in [1.29, 1.82) is 0 Å². The molecule has 0 saturated carbocycles. The highest BCUT2D eigenvalue weighted by atomic mass is 35.5. The standard InChI is InChI=1S/C22H23ClF3N7O3.C22H21ClF3N7O3.C20H19ClF3N7O3.C19H19ClF4N6O.6H2/c1-12(2)36-21(35)32-5-6-33(16(10-32)20(34)30-11-22(24,25)26)17-3-4-27-19(31-17)15-9-29-18-14(15)7-13(23)8-28-18;1-2-7-36-21(35)32-5-6-33(16(11-32)20(34)30-12-22(24,25)26)17-3-4-27-19(31-17)15-10-29-18-14(15)8-13(23)9-28-18;1-34-19(33)30-4-5-31(14(9-30)18(32)28-10-20(22,23)24)15-2-3-25-17(29-15)13-8-27-16-12(13)6-11(21)7-26-16;1-9(2)18(3,17(31)28-8-19(22,23)24)30-16-13(21)7-27-15(29-16)12-6-26-14-11(12)4-10(20)5-25-14;;;;;;/h3-4,7-9,12,16H,5-6,10-11H2,1-2H3,(H,28,29)(H,30,34);2-4,8-10,16H,1,5-7,11-12H2,(H,28,29)(H,30,34);2-3,6-8,14H,4-5,9-10H2,1H3,(H,26,27)(H,28,32);4-7,9H,8H2,1-3H3,(H,25,26)(H,28,31)(H,27,29,30);6*1H/t2*16-;14-;;;;;;;/m000......./s1. The Bertz CT molecular complexity index is 6430. The summed E-state index contributed by atoms with van der Waals surface area (Å²) in [6, 6.07) is 7.97. The lowest BCUT2D eigenvalue weighted by Crippen LogP contribution is -2.61. The average molecular weight is 2020 g/mol. The summed E-state index contributed by atoms with van der Waals surface area (Å²) in [5.74, 6) is -3.39. The van der Waals surface area contributed by atoms with Gasteiger partial charge in [0.05, 0.1) is 59.1 Å². The van der Waals surface area contributed by atoms with Crippen LogP contribution in [0.4, 0.5) is 94.7 Å². The molecule has 0 radical (unpaired) electrons. The Kier molecular flexibility index (Phi) is 32.2. The second kappa shape index (κ2) is 43.3. The SMILES string of the molecule is C=CCOC(=O)N1CCN(c2ccnc(-c3c[nH]c4ncc(Cl)cc34)n2)[C@H](C(=O)NCC(F)(F)F)C1.CC(C)C(C)(Nc1nc(-c2c[nH]c3ncc(Cl)cc23)ncc1F)C(=O)NCC(F)(F)F.CC(C)OC(=O)N1CCN(c2ccnc(-c3c[nH]c4ncc(Cl)cc34)n2)[C@H](C(=O)NCC(F)(F)F)C1.COC(=O)N1CCN(c2ccnc(-c3c[nH]c4ncc(Cl)cc34)n2)[C@H](C(=O)NCC(F)(F)F)C1.[HH].[HH].[HH].[HH].[HH].[HH]. The molecule has 3 saturated heterocycles. The van der Waals surface area contributed by atoms with E-state index in [0.29, 0.717) is 121 Å². The fourth-order valence-electron chi connectivity index (χ4n) is 14.1. The fraction of sp³-hybridized carbons (Fsp3) is 0.361. The Morgan fingerprint density at radius 3 is 1.10 bits per heavy atom. The number of halogens is 17. The van der Waals surface area contributed by atoms with Gasteiger partial charge in [-0.2, -0.15) is 52.7 Å². The number of methoxy groups -OCH3 is 1. The van der Waals surface area contributed by atoms with Crippen molar-refractivity contribution in [3.8, 4) is 45.6 Å². The highest BCUT2D eigenvalue weighted by Crippen LogP contribution is 2.37. The first kappa shape index (κ1) is 102. The summed E-state index contributed by atoms with van der Waals surface area (Å²) in [4.78, 5) is 159. The molecule has 15 heterocycles. The third kappa shape index (κ3) is 26.2. The number of H-pyrrole nitrogens is 4. The summed E-state index contributed by atoms with van der Waals surface area (Å²) in [7, 11) is 1.19. The molecule has 4 atom stereocenters. The van der Waals surface area contributed by atoms with E-state index in [1.165, 1.54) is 88.0 Å². The van der Waals surface area contributed by atoms with Gasteiger partial charge in [-0.1, -0.05) is 72.9 Å². The third-order valence-corrected chi connectivity index (χ3v) is 21.8. The van der Waals surface area contributed by atoms with Crippen LogP contribution in [0.25, 0.3) is 89.7 Å². The van der Waals surface area contributed by atoms with Gasteiger partial charge in [-0.15, -0.1) is 0 Å². The first-order valence-electron chi connectivity index (χ1n) is 41.1. The maximum absolute atomic E-state index is 14.5. The summed E-state index contributed by atoms with van der Waals surface area (Å²) in [5, 5.41) is 14.5. The van der Waals surface area contributed by atoms with Gasteiger partial charge in [-0.05, 0) is 69.2 Å². The second-order valence-corrected chi connectivity index (χ2v) is 32.9. The van der Waals surface area contributed by atoms with Crippen LogP contribution in [0.3, 0.4) is 0 Å². The molecule has 1 unspecified atom stereocenters. The topological polar surface area (TPSA) is 445 Å². The van der Waals surface area contributed by atoms with Gasteiger partial charge in [-0.25, -0.2) is 78.6 Å². The van der Waals surface area contributed by atoms with E-state index in [9.17, 15) is 90.6 Å². The van der Waals surface area contributed by atoms with Crippen molar-refractivity contribution in [2.45, 2.75) is 89.1 Å². The number of carbonyl (C=O) groups is 7. The number of hydrogen-bond acceptors (Lipinski definition) is 26.